The second-order valence-electron chi connectivity index (χ2n) is 7.59. The summed E-state index contributed by atoms with van der Waals surface area (Å²) in [5, 5.41) is 3.28. The summed E-state index contributed by atoms with van der Waals surface area (Å²) in [5.41, 5.74) is 1.51. The third-order valence-corrected chi connectivity index (χ3v) is 9.84. The van der Waals surface area contributed by atoms with Crippen LogP contribution in [-0.4, -0.2) is 17.7 Å². The topological polar surface area (TPSA) is 34.1 Å². The van der Waals surface area contributed by atoms with Crippen LogP contribution >= 0.6 is 7.26 Å². The molecular weight excluding hydrogens is 479 g/mol. The number of hydrogen-bond donors (Lipinski definition) is 0. The summed E-state index contributed by atoms with van der Waals surface area (Å²) in [6.07, 6.45) is 0.164. The molecule has 0 saturated heterocycles. The second-order valence-corrected chi connectivity index (χ2v) is 11.1. The highest BCUT2D eigenvalue weighted by atomic mass is 79.9. The monoisotopic (exact) mass is 502 g/mol. The van der Waals surface area contributed by atoms with Crippen molar-refractivity contribution in [3.63, 3.8) is 0 Å². The molecular formula is C28H24BrO2P. The van der Waals surface area contributed by atoms with Crippen LogP contribution < -0.4 is 32.9 Å². The third kappa shape index (κ3) is 4.80. The Hall–Kier alpha value is -2.87. The molecule has 0 amide bonds. The Morgan fingerprint density at radius 1 is 0.594 bits per heavy atom. The van der Waals surface area contributed by atoms with Gasteiger partial charge in [-0.2, -0.15) is 0 Å². The number of ketones is 2. The van der Waals surface area contributed by atoms with E-state index in [1.54, 1.807) is 12.1 Å². The van der Waals surface area contributed by atoms with Crippen molar-refractivity contribution in [1.29, 1.82) is 0 Å². The van der Waals surface area contributed by atoms with Gasteiger partial charge < -0.3 is 17.0 Å². The standard InChI is InChI=1S/C28H24O2P.BrH/c1-22-17-19-23(20-18-22)28(30)27(29)21-31(24-11-5-2-6-12-24,25-13-7-3-8-14-25)26-15-9-4-10-16-26;/h2-20H,21H2,1H3;1H/q+1;/p-1. The van der Waals surface area contributed by atoms with Gasteiger partial charge in [0.2, 0.25) is 11.6 Å². The molecule has 0 fully saturated rings. The Bertz CT molecular complexity index is 1080. The maximum atomic E-state index is 13.4. The lowest BCUT2D eigenvalue weighted by molar-refractivity contribution is -0.112. The van der Waals surface area contributed by atoms with E-state index in [4.69, 9.17) is 0 Å². The zero-order valence-corrected chi connectivity index (χ0v) is 20.3. The van der Waals surface area contributed by atoms with Gasteiger partial charge in [0, 0.05) is 5.56 Å². The summed E-state index contributed by atoms with van der Waals surface area (Å²) in [7, 11) is -2.36. The molecule has 0 atom stereocenters. The molecule has 4 heteroatoms. The van der Waals surface area contributed by atoms with Crippen LogP contribution in [0, 0.1) is 6.92 Å². The van der Waals surface area contributed by atoms with Crippen molar-refractivity contribution >= 4 is 34.7 Å². The van der Waals surface area contributed by atoms with Gasteiger partial charge in [-0.15, -0.1) is 0 Å². The van der Waals surface area contributed by atoms with Gasteiger partial charge >= 0.3 is 0 Å². The van der Waals surface area contributed by atoms with Crippen LogP contribution in [-0.2, 0) is 4.79 Å². The minimum absolute atomic E-state index is 0. The first-order valence-electron chi connectivity index (χ1n) is 10.3. The van der Waals surface area contributed by atoms with Crippen molar-refractivity contribution < 1.29 is 26.6 Å². The zero-order valence-electron chi connectivity index (χ0n) is 17.8. The molecule has 0 bridgehead atoms. The first-order chi connectivity index (χ1) is 15.1. The molecule has 0 radical (unpaired) electrons. The fourth-order valence-corrected chi connectivity index (χ4v) is 7.98. The van der Waals surface area contributed by atoms with Crippen molar-refractivity contribution in [2.75, 3.05) is 6.16 Å². The van der Waals surface area contributed by atoms with Gasteiger partial charge in [0.05, 0.1) is 0 Å². The molecule has 0 aliphatic rings. The van der Waals surface area contributed by atoms with Crippen molar-refractivity contribution in [2.24, 2.45) is 0 Å². The van der Waals surface area contributed by atoms with E-state index < -0.39 is 13.0 Å². The maximum absolute atomic E-state index is 13.4. The zero-order chi connectivity index (χ0) is 21.7. The third-order valence-electron chi connectivity index (χ3n) is 5.54. The van der Waals surface area contributed by atoms with Gasteiger partial charge in [-0.05, 0) is 43.3 Å². The highest BCUT2D eigenvalue weighted by Crippen LogP contribution is 2.55. The van der Waals surface area contributed by atoms with Crippen LogP contribution in [0.1, 0.15) is 15.9 Å². The molecule has 4 aromatic rings. The molecule has 2 nitrogen and oxygen atoms in total. The molecule has 0 unspecified atom stereocenters. The van der Waals surface area contributed by atoms with Crippen molar-refractivity contribution in [3.8, 4) is 0 Å². The van der Waals surface area contributed by atoms with Gasteiger partial charge in [-0.25, -0.2) is 0 Å². The lowest BCUT2D eigenvalue weighted by Crippen LogP contribution is -3.00. The number of carbonyl (C=O) groups excluding carboxylic acids is 2. The van der Waals surface area contributed by atoms with E-state index >= 15 is 0 Å². The first kappa shape index (κ1) is 23.8. The largest absolute Gasteiger partial charge is 1.00 e. The molecule has 0 saturated carbocycles. The summed E-state index contributed by atoms with van der Waals surface area (Å²) >= 11 is 0. The fourth-order valence-electron chi connectivity index (χ4n) is 3.92. The first-order valence-corrected chi connectivity index (χ1v) is 12.3. The van der Waals surface area contributed by atoms with Crippen LogP contribution in [0.5, 0.6) is 0 Å². The van der Waals surface area contributed by atoms with E-state index in [0.29, 0.717) is 5.56 Å². The number of hydrogen-bond acceptors (Lipinski definition) is 2. The van der Waals surface area contributed by atoms with Crippen LogP contribution in [0.2, 0.25) is 0 Å². The van der Waals surface area contributed by atoms with E-state index in [1.165, 1.54) is 0 Å². The number of rotatable bonds is 7. The Labute approximate surface area is 200 Å². The molecule has 4 aromatic carbocycles. The Balaban J connectivity index is 0.00000289. The normalized spacial score (nSPS) is 10.8. The van der Waals surface area contributed by atoms with Gasteiger partial charge in [0.15, 0.2) is 0 Å². The lowest BCUT2D eigenvalue weighted by Gasteiger charge is -2.26. The molecule has 160 valence electrons. The molecule has 0 aliphatic carbocycles. The summed E-state index contributed by atoms with van der Waals surface area (Å²) < 4.78 is 0. The number of benzene rings is 4. The van der Waals surface area contributed by atoms with Crippen LogP contribution in [0.15, 0.2) is 115 Å². The molecule has 0 spiro atoms. The smallest absolute Gasteiger partial charge is 0.241 e. The average molecular weight is 503 g/mol. The summed E-state index contributed by atoms with van der Waals surface area (Å²) in [6, 6.07) is 37.7. The number of carbonyl (C=O) groups is 2. The second kappa shape index (κ2) is 10.6. The number of aryl methyl sites for hydroxylation is 1. The Kier molecular flexibility index (Phi) is 7.90. The van der Waals surface area contributed by atoms with E-state index in [-0.39, 0.29) is 28.9 Å². The van der Waals surface area contributed by atoms with Gasteiger partial charge in [-0.1, -0.05) is 84.4 Å². The van der Waals surface area contributed by atoms with E-state index in [1.807, 2.05) is 73.7 Å². The van der Waals surface area contributed by atoms with E-state index in [0.717, 1.165) is 21.5 Å². The van der Waals surface area contributed by atoms with Crippen LogP contribution in [0.3, 0.4) is 0 Å². The average Bonchev–Trinajstić information content (AvgIpc) is 2.84. The summed E-state index contributed by atoms with van der Waals surface area (Å²) in [6.45, 7) is 1.97. The minimum atomic E-state index is -2.36. The lowest BCUT2D eigenvalue weighted by atomic mass is 10.1. The molecule has 0 N–H and O–H groups in total. The highest BCUT2D eigenvalue weighted by molar-refractivity contribution is 7.96. The van der Waals surface area contributed by atoms with Crippen molar-refractivity contribution in [3.05, 3.63) is 126 Å². The van der Waals surface area contributed by atoms with Crippen LogP contribution in [0.4, 0.5) is 0 Å². The van der Waals surface area contributed by atoms with Crippen molar-refractivity contribution in [2.45, 2.75) is 6.92 Å². The predicted octanol–water partition coefficient (Wildman–Crippen LogP) is 1.74. The highest BCUT2D eigenvalue weighted by Gasteiger charge is 2.48. The fraction of sp³-hybridized carbons (Fsp3) is 0.0714. The summed E-state index contributed by atoms with van der Waals surface area (Å²) in [4.78, 5) is 26.5. The number of Topliss-reactive ketones (excluding diaryl/α,β-unsaturated/α-hetero) is 2. The predicted molar refractivity (Wildman–Crippen MR) is 131 cm³/mol. The van der Waals surface area contributed by atoms with Gasteiger partial charge in [-0.3, -0.25) is 9.59 Å². The molecule has 0 heterocycles. The van der Waals surface area contributed by atoms with E-state index in [2.05, 4.69) is 36.4 Å². The molecule has 32 heavy (non-hydrogen) atoms. The van der Waals surface area contributed by atoms with E-state index in [9.17, 15) is 9.59 Å². The molecule has 0 aliphatic heterocycles. The molecule has 4 rings (SSSR count). The van der Waals surface area contributed by atoms with Gasteiger partial charge in [0.25, 0.3) is 0 Å². The minimum Gasteiger partial charge on any atom is -1.00 e. The maximum Gasteiger partial charge on any atom is 0.241 e. The van der Waals surface area contributed by atoms with Gasteiger partial charge in [0.1, 0.15) is 29.3 Å². The SMILES string of the molecule is Cc1ccc(C(=O)C(=O)C[P+](c2ccccc2)(c2ccccc2)c2ccccc2)cc1.[Br-]. The number of halogens is 1. The summed E-state index contributed by atoms with van der Waals surface area (Å²) in [5.74, 6) is -0.777. The Morgan fingerprint density at radius 2 is 0.969 bits per heavy atom. The Morgan fingerprint density at radius 3 is 1.34 bits per heavy atom. The molecule has 0 aromatic heterocycles. The van der Waals surface area contributed by atoms with Crippen LogP contribution in [0.25, 0.3) is 0 Å². The quantitative estimate of drug-likeness (QED) is 0.219. The van der Waals surface area contributed by atoms with Crippen molar-refractivity contribution in [1.82, 2.24) is 0 Å².